The Morgan fingerprint density at radius 2 is 1.69 bits per heavy atom. The van der Waals surface area contributed by atoms with Crippen LogP contribution in [-0.2, 0) is 25.7 Å². The van der Waals surface area contributed by atoms with Gasteiger partial charge in [-0.25, -0.2) is 0 Å². The summed E-state index contributed by atoms with van der Waals surface area (Å²) in [6, 6.07) is 11.1. The van der Waals surface area contributed by atoms with Crippen molar-refractivity contribution in [1.82, 2.24) is 20.4 Å². The maximum Gasteiger partial charge on any atom is 0.405 e. The van der Waals surface area contributed by atoms with E-state index < -0.39 is 65.7 Å². The van der Waals surface area contributed by atoms with Gasteiger partial charge in [0.1, 0.15) is 36.2 Å². The van der Waals surface area contributed by atoms with Gasteiger partial charge >= 0.3 is 6.18 Å². The van der Waals surface area contributed by atoms with Gasteiger partial charge < -0.3 is 40.8 Å². The molecule has 1 aliphatic heterocycles. The fourth-order valence-electron chi connectivity index (χ4n) is 6.20. The summed E-state index contributed by atoms with van der Waals surface area (Å²) in [7, 11) is 2.85. The molecular formula is C39H43F3N8O8. The number of anilines is 2. The number of nitrogens with zero attached hydrogens (tertiary/aromatic N) is 3. The highest BCUT2D eigenvalue weighted by atomic mass is 19.4. The van der Waals surface area contributed by atoms with Crippen LogP contribution in [0, 0.1) is 10.8 Å². The molecule has 308 valence electrons. The Morgan fingerprint density at radius 3 is 2.29 bits per heavy atom. The zero-order valence-electron chi connectivity index (χ0n) is 32.0. The average molecular weight is 809 g/mol. The van der Waals surface area contributed by atoms with E-state index in [1.807, 2.05) is 0 Å². The maximum absolute atomic E-state index is 13.4. The van der Waals surface area contributed by atoms with Gasteiger partial charge in [0.15, 0.2) is 5.84 Å². The second-order valence-electron chi connectivity index (χ2n) is 13.6. The minimum Gasteiger partial charge on any atom is -0.508 e. The number of nitrogens with one attached hydrogen (secondary N) is 5. The number of amidine groups is 2. The first kappa shape index (κ1) is 43.9. The smallest absolute Gasteiger partial charge is 0.405 e. The molecule has 16 nitrogen and oxygen atoms in total. The number of halogens is 3. The lowest BCUT2D eigenvalue weighted by molar-refractivity contribution is -0.134. The number of phenols is 2. The first-order valence-electron chi connectivity index (χ1n) is 17.9. The monoisotopic (exact) mass is 808 g/mol. The topological polar surface area (TPSA) is 236 Å². The van der Waals surface area contributed by atoms with Crippen molar-refractivity contribution >= 4 is 58.9 Å². The minimum absolute atomic E-state index is 0.0135. The Morgan fingerprint density at radius 1 is 1.02 bits per heavy atom. The zero-order valence-corrected chi connectivity index (χ0v) is 32.0. The van der Waals surface area contributed by atoms with Crippen LogP contribution < -0.4 is 20.9 Å². The Hall–Kier alpha value is -6.79. The lowest BCUT2D eigenvalue weighted by Gasteiger charge is -2.26. The molecule has 0 fully saturated rings. The normalized spacial score (nSPS) is 12.7. The Balaban J connectivity index is 1.49. The van der Waals surface area contributed by atoms with Gasteiger partial charge in [-0.05, 0) is 60.4 Å². The molecule has 7 N–H and O–H groups in total. The number of phenolic OH excluding ortho intramolecular Hbond substituents is 2. The molecule has 0 radical (unpaired) electrons. The van der Waals surface area contributed by atoms with Gasteiger partial charge in [-0.2, -0.15) is 13.2 Å². The molecule has 0 spiro atoms. The quantitative estimate of drug-likeness (QED) is 0.0711. The largest absolute Gasteiger partial charge is 0.508 e. The summed E-state index contributed by atoms with van der Waals surface area (Å²) in [5, 5.41) is 45.0. The molecule has 0 aromatic heterocycles. The number of rotatable bonds is 14. The molecule has 0 saturated carbocycles. The first-order valence-corrected chi connectivity index (χ1v) is 17.9. The molecule has 19 heteroatoms. The lowest BCUT2D eigenvalue weighted by atomic mass is 9.98. The number of hydrogen-bond donors (Lipinski definition) is 7. The van der Waals surface area contributed by atoms with Crippen molar-refractivity contribution < 1.29 is 52.2 Å². The van der Waals surface area contributed by atoms with Crippen LogP contribution in [0.15, 0.2) is 54.6 Å². The number of amides is 5. The summed E-state index contributed by atoms with van der Waals surface area (Å²) in [4.78, 5) is 79.2. The predicted molar refractivity (Wildman–Crippen MR) is 206 cm³/mol. The van der Waals surface area contributed by atoms with Crippen LogP contribution in [0.25, 0.3) is 0 Å². The third-order valence-electron chi connectivity index (χ3n) is 9.28. The zero-order chi connectivity index (χ0) is 43.1. The van der Waals surface area contributed by atoms with E-state index in [9.17, 15) is 52.2 Å². The van der Waals surface area contributed by atoms with Crippen molar-refractivity contribution in [1.29, 1.82) is 10.8 Å². The average Bonchev–Trinajstić information content (AvgIpc) is 3.51. The lowest BCUT2D eigenvalue weighted by Crippen LogP contribution is -2.48. The van der Waals surface area contributed by atoms with E-state index >= 15 is 0 Å². The summed E-state index contributed by atoms with van der Waals surface area (Å²) in [5.74, 6) is -6.41. The van der Waals surface area contributed by atoms with Crippen LogP contribution in [0.4, 0.5) is 24.5 Å². The van der Waals surface area contributed by atoms with Crippen molar-refractivity contribution in [3.63, 3.8) is 0 Å². The van der Waals surface area contributed by atoms with E-state index in [-0.39, 0.29) is 60.8 Å². The number of aldehydes is 1. The van der Waals surface area contributed by atoms with Gasteiger partial charge in [0.05, 0.1) is 5.56 Å². The van der Waals surface area contributed by atoms with Gasteiger partial charge in [-0.1, -0.05) is 19.9 Å². The van der Waals surface area contributed by atoms with E-state index in [1.165, 1.54) is 54.2 Å². The minimum atomic E-state index is -4.80. The third-order valence-corrected chi connectivity index (χ3v) is 9.28. The molecule has 1 heterocycles. The molecule has 0 saturated heterocycles. The van der Waals surface area contributed by atoms with Crippen molar-refractivity contribution in [3.05, 3.63) is 82.4 Å². The number of alkyl halides is 3. The number of hydrogen-bond acceptors (Lipinski definition) is 10. The number of benzene rings is 3. The molecule has 1 atom stereocenters. The predicted octanol–water partition coefficient (Wildman–Crippen LogP) is 3.86. The molecule has 58 heavy (non-hydrogen) atoms. The SMILES string of the molecule is CNC(=O)C(CCC=O)N1Cc2c(NC(=O)CCN(C)C(=O)c3ccc(N(C(=N)C(=O)NCC(F)(F)F)C(=N)c4cc(C(C)C)c(O)cc4O)cc3)cccc2C1=O. The molecule has 5 amide bonds. The third kappa shape index (κ3) is 10.1. The molecule has 4 rings (SSSR count). The molecule has 3 aromatic carbocycles. The van der Waals surface area contributed by atoms with Crippen LogP contribution in [0.1, 0.15) is 76.4 Å². The highest BCUT2D eigenvalue weighted by Crippen LogP contribution is 2.34. The highest BCUT2D eigenvalue weighted by molar-refractivity contribution is 6.48. The van der Waals surface area contributed by atoms with Crippen molar-refractivity contribution in [2.24, 2.45) is 0 Å². The highest BCUT2D eigenvalue weighted by Gasteiger charge is 2.37. The van der Waals surface area contributed by atoms with Crippen molar-refractivity contribution in [3.8, 4) is 11.5 Å². The van der Waals surface area contributed by atoms with Crippen LogP contribution in [0.3, 0.4) is 0 Å². The number of carbonyl (C=O) groups is 6. The fourth-order valence-corrected chi connectivity index (χ4v) is 6.20. The van der Waals surface area contributed by atoms with E-state index in [4.69, 9.17) is 10.8 Å². The number of aromatic hydroxyl groups is 2. The molecule has 3 aromatic rings. The van der Waals surface area contributed by atoms with Gasteiger partial charge in [0.25, 0.3) is 17.7 Å². The van der Waals surface area contributed by atoms with Gasteiger partial charge in [-0.15, -0.1) is 0 Å². The summed E-state index contributed by atoms with van der Waals surface area (Å²) < 4.78 is 38.7. The van der Waals surface area contributed by atoms with E-state index in [0.29, 0.717) is 33.6 Å². The molecule has 1 unspecified atom stereocenters. The molecule has 1 aliphatic rings. The van der Waals surface area contributed by atoms with E-state index in [0.717, 1.165) is 6.07 Å². The number of carbonyl (C=O) groups excluding carboxylic acids is 6. The first-order chi connectivity index (χ1) is 27.3. The van der Waals surface area contributed by atoms with Crippen molar-refractivity contribution in [2.45, 2.75) is 57.8 Å². The van der Waals surface area contributed by atoms with Crippen LogP contribution in [0.5, 0.6) is 11.5 Å². The second-order valence-corrected chi connectivity index (χ2v) is 13.6. The summed E-state index contributed by atoms with van der Waals surface area (Å²) in [5.41, 5.74) is 1.13. The Kier molecular flexibility index (Phi) is 14.0. The molecule has 0 aliphatic carbocycles. The number of likely N-dealkylation sites (N-methyl/N-ethyl adjacent to an activating group) is 1. The van der Waals surface area contributed by atoms with Crippen LogP contribution >= 0.6 is 0 Å². The Labute approximate surface area is 331 Å². The maximum atomic E-state index is 13.4. The molecular weight excluding hydrogens is 765 g/mol. The van der Waals surface area contributed by atoms with Crippen LogP contribution in [0.2, 0.25) is 0 Å². The Bertz CT molecular complexity index is 2120. The summed E-state index contributed by atoms with van der Waals surface area (Å²) in [6.07, 6.45) is -4.14. The summed E-state index contributed by atoms with van der Waals surface area (Å²) in [6.45, 7) is 1.63. The van der Waals surface area contributed by atoms with Crippen LogP contribution in [-0.4, -0.2) is 107 Å². The van der Waals surface area contributed by atoms with Gasteiger partial charge in [0, 0.05) is 74.2 Å². The van der Waals surface area contributed by atoms with E-state index in [1.54, 1.807) is 37.4 Å². The fraction of sp³-hybridized carbons (Fsp3) is 0.333. The van der Waals surface area contributed by atoms with Gasteiger partial charge in [-0.3, -0.25) is 39.7 Å². The molecule has 0 bridgehead atoms. The summed E-state index contributed by atoms with van der Waals surface area (Å²) >= 11 is 0. The standard InChI is InChI=1S/C39H43F3N8O8/c1-21(2)25-17-26(31(53)18-30(25)52)33(43)50(34(44)36(56)46-20-39(40,41)42)23-12-10-22(11-13-23)37(57)48(4)15-14-32(54)47-28-8-5-7-24-27(28)19-49(38(24)58)29(9-6-16-51)35(55)45-3/h5,7-8,10-13,16-18,21,29,43-44,52-53H,6,9,14-15,19-20H2,1-4H3,(H,45,55)(H,46,56)(H,47,54). The second kappa shape index (κ2) is 18.4. The van der Waals surface area contributed by atoms with Crippen molar-refractivity contribution in [2.75, 3.05) is 37.4 Å². The van der Waals surface area contributed by atoms with E-state index in [2.05, 4.69) is 10.6 Å². The number of fused-ring (bicyclic) bond motifs is 1. The van der Waals surface area contributed by atoms with Gasteiger partial charge in [0.2, 0.25) is 11.8 Å².